The van der Waals surface area contributed by atoms with Crippen molar-refractivity contribution in [2.75, 3.05) is 32.1 Å². The number of ether oxygens (including phenoxy) is 2. The standard InChI is InChI=1S/C22H24FN3O2.C4H8N2O/c1-14-7-6-10-17(21(14)23)26-22-16-11-20(28-15-8-4-3-5-9-15)19(27-2)12-18(16)24-13-25-22;7-4-3-5-1-2-6-4/h6-7,10-13,15H,3-5,8-9H2,1-2H3,(H,24,25,26);5H,1-3H2,(H,6,7). The number of anilines is 2. The molecule has 3 N–H and O–H groups in total. The number of aryl methyl sites for hydroxylation is 1. The molecule has 2 heterocycles. The molecule has 0 spiro atoms. The van der Waals surface area contributed by atoms with E-state index in [0.717, 1.165) is 31.3 Å². The lowest BCUT2D eigenvalue weighted by atomic mass is 9.98. The van der Waals surface area contributed by atoms with E-state index in [0.29, 0.717) is 40.6 Å². The zero-order valence-electron chi connectivity index (χ0n) is 20.2. The molecule has 1 amide bonds. The van der Waals surface area contributed by atoms with Crippen LogP contribution in [0.5, 0.6) is 11.5 Å². The molecule has 8 nitrogen and oxygen atoms in total. The molecule has 5 rings (SSSR count). The molecule has 2 aromatic carbocycles. The second-order valence-corrected chi connectivity index (χ2v) is 8.71. The summed E-state index contributed by atoms with van der Waals surface area (Å²) in [4.78, 5) is 19.0. The molecule has 9 heteroatoms. The van der Waals surface area contributed by atoms with Crippen LogP contribution >= 0.6 is 0 Å². The maximum Gasteiger partial charge on any atom is 0.234 e. The van der Waals surface area contributed by atoms with Gasteiger partial charge in [-0.25, -0.2) is 14.4 Å². The van der Waals surface area contributed by atoms with Crippen molar-refractivity contribution in [3.63, 3.8) is 0 Å². The molecule has 1 saturated heterocycles. The molecule has 3 aromatic rings. The first-order chi connectivity index (χ1) is 17.0. The van der Waals surface area contributed by atoms with E-state index in [9.17, 15) is 9.18 Å². The smallest absolute Gasteiger partial charge is 0.234 e. The van der Waals surface area contributed by atoms with Gasteiger partial charge in [0, 0.05) is 24.5 Å². The monoisotopic (exact) mass is 481 g/mol. The van der Waals surface area contributed by atoms with Gasteiger partial charge in [-0.05, 0) is 50.3 Å². The molecular formula is C26H32FN5O3. The van der Waals surface area contributed by atoms with Crippen molar-refractivity contribution in [2.24, 2.45) is 0 Å². The Morgan fingerprint density at radius 1 is 1.09 bits per heavy atom. The fourth-order valence-electron chi connectivity index (χ4n) is 4.20. The Morgan fingerprint density at radius 2 is 1.91 bits per heavy atom. The second kappa shape index (κ2) is 11.8. The number of halogens is 1. The first-order valence-electron chi connectivity index (χ1n) is 12.0. The summed E-state index contributed by atoms with van der Waals surface area (Å²) in [5.74, 6) is 1.66. The van der Waals surface area contributed by atoms with Crippen molar-refractivity contribution in [3.8, 4) is 11.5 Å². The van der Waals surface area contributed by atoms with Crippen LogP contribution in [0.25, 0.3) is 10.9 Å². The van der Waals surface area contributed by atoms with Crippen molar-refractivity contribution in [2.45, 2.75) is 45.1 Å². The number of nitrogens with zero attached hydrogens (tertiary/aromatic N) is 2. The highest BCUT2D eigenvalue weighted by atomic mass is 19.1. The SMILES string of the molecule is COc1cc2ncnc(Nc3cccc(C)c3F)c2cc1OC1CCCCC1.O=C1CNCCN1. The lowest BCUT2D eigenvalue weighted by Gasteiger charge is -2.24. The average Bonchev–Trinajstić information content (AvgIpc) is 2.88. The largest absolute Gasteiger partial charge is 0.493 e. The maximum atomic E-state index is 14.4. The summed E-state index contributed by atoms with van der Waals surface area (Å²) in [5.41, 5.74) is 1.66. The predicted octanol–water partition coefficient (Wildman–Crippen LogP) is 4.25. The van der Waals surface area contributed by atoms with Crippen LogP contribution in [0.3, 0.4) is 0 Å². The Kier molecular flexibility index (Phi) is 8.31. The van der Waals surface area contributed by atoms with E-state index in [1.807, 2.05) is 18.2 Å². The molecule has 186 valence electrons. The highest BCUT2D eigenvalue weighted by molar-refractivity contribution is 5.93. The first-order valence-corrected chi connectivity index (χ1v) is 12.0. The van der Waals surface area contributed by atoms with Crippen molar-refractivity contribution in [1.29, 1.82) is 0 Å². The van der Waals surface area contributed by atoms with Gasteiger partial charge in [0.15, 0.2) is 11.5 Å². The number of carbonyl (C=O) groups is 1. The summed E-state index contributed by atoms with van der Waals surface area (Å²) in [5, 5.41) is 9.46. The quantitative estimate of drug-likeness (QED) is 0.501. The van der Waals surface area contributed by atoms with E-state index < -0.39 is 0 Å². The highest BCUT2D eigenvalue weighted by Crippen LogP contribution is 2.37. The lowest BCUT2D eigenvalue weighted by molar-refractivity contribution is -0.121. The Labute approximate surface area is 204 Å². The van der Waals surface area contributed by atoms with Gasteiger partial charge >= 0.3 is 0 Å². The fraction of sp³-hybridized carbons (Fsp3) is 0.423. The lowest BCUT2D eigenvalue weighted by Crippen LogP contribution is -2.44. The van der Waals surface area contributed by atoms with Gasteiger partial charge in [0.05, 0.1) is 31.0 Å². The van der Waals surface area contributed by atoms with Crippen molar-refractivity contribution < 1.29 is 18.7 Å². The number of nitrogens with one attached hydrogen (secondary N) is 3. The van der Waals surface area contributed by atoms with Crippen LogP contribution in [-0.4, -0.2) is 48.7 Å². The molecule has 0 bridgehead atoms. The minimum Gasteiger partial charge on any atom is -0.493 e. The number of aromatic nitrogens is 2. The van der Waals surface area contributed by atoms with Crippen molar-refractivity contribution in [1.82, 2.24) is 20.6 Å². The van der Waals surface area contributed by atoms with Crippen molar-refractivity contribution >= 4 is 28.3 Å². The Balaban J connectivity index is 0.000000356. The van der Waals surface area contributed by atoms with Gasteiger partial charge in [0.25, 0.3) is 0 Å². The third-order valence-corrected chi connectivity index (χ3v) is 6.12. The molecule has 2 fully saturated rings. The van der Waals surface area contributed by atoms with Crippen LogP contribution in [0, 0.1) is 12.7 Å². The number of hydrogen-bond donors (Lipinski definition) is 3. The molecular weight excluding hydrogens is 449 g/mol. The maximum absolute atomic E-state index is 14.4. The van der Waals surface area contributed by atoms with Crippen LogP contribution in [0.15, 0.2) is 36.7 Å². The van der Waals surface area contributed by atoms with Gasteiger partial charge in [0.1, 0.15) is 18.0 Å². The van der Waals surface area contributed by atoms with E-state index in [-0.39, 0.29) is 17.8 Å². The summed E-state index contributed by atoms with van der Waals surface area (Å²) >= 11 is 0. The number of amides is 1. The van der Waals surface area contributed by atoms with Gasteiger partial charge in [-0.1, -0.05) is 18.6 Å². The number of piperazine rings is 1. The Morgan fingerprint density at radius 3 is 2.60 bits per heavy atom. The van der Waals surface area contributed by atoms with Crippen LogP contribution in [0.1, 0.15) is 37.7 Å². The van der Waals surface area contributed by atoms with E-state index in [1.54, 1.807) is 26.2 Å². The zero-order valence-corrected chi connectivity index (χ0v) is 20.2. The van der Waals surface area contributed by atoms with E-state index >= 15 is 0 Å². The molecule has 1 aliphatic heterocycles. The summed E-state index contributed by atoms with van der Waals surface area (Å²) in [7, 11) is 1.62. The normalized spacial score (nSPS) is 16.1. The average molecular weight is 482 g/mol. The summed E-state index contributed by atoms with van der Waals surface area (Å²) < 4.78 is 26.2. The Bertz CT molecular complexity index is 1160. The summed E-state index contributed by atoms with van der Waals surface area (Å²) in [6.45, 7) is 3.91. The minimum absolute atomic E-state index is 0.103. The third kappa shape index (κ3) is 6.36. The topological polar surface area (TPSA) is 97.4 Å². The number of hydrogen-bond acceptors (Lipinski definition) is 7. The van der Waals surface area contributed by atoms with Crippen molar-refractivity contribution in [3.05, 3.63) is 48.0 Å². The van der Waals surface area contributed by atoms with E-state index in [1.165, 1.54) is 25.6 Å². The molecule has 0 atom stereocenters. The van der Waals surface area contributed by atoms with E-state index in [2.05, 4.69) is 25.9 Å². The minimum atomic E-state index is -0.290. The number of benzene rings is 2. The summed E-state index contributed by atoms with van der Waals surface area (Å²) in [6, 6.07) is 8.97. The molecule has 0 radical (unpaired) electrons. The van der Waals surface area contributed by atoms with Gasteiger partial charge in [0.2, 0.25) is 5.91 Å². The number of methoxy groups -OCH3 is 1. The van der Waals surface area contributed by atoms with Gasteiger partial charge in [-0.2, -0.15) is 0 Å². The van der Waals surface area contributed by atoms with E-state index in [4.69, 9.17) is 9.47 Å². The zero-order chi connectivity index (χ0) is 24.6. The van der Waals surface area contributed by atoms with Gasteiger partial charge in [-0.15, -0.1) is 0 Å². The molecule has 0 unspecified atom stereocenters. The number of fused-ring (bicyclic) bond motifs is 1. The Hall–Kier alpha value is -3.46. The van der Waals surface area contributed by atoms with Crippen LogP contribution < -0.4 is 25.4 Å². The molecule has 35 heavy (non-hydrogen) atoms. The predicted molar refractivity (Wildman–Crippen MR) is 134 cm³/mol. The second-order valence-electron chi connectivity index (χ2n) is 8.71. The number of carbonyl (C=O) groups excluding carboxylic acids is 1. The highest BCUT2D eigenvalue weighted by Gasteiger charge is 2.19. The molecule has 1 aliphatic carbocycles. The number of rotatable bonds is 5. The fourth-order valence-corrected chi connectivity index (χ4v) is 4.20. The molecule has 1 saturated carbocycles. The first kappa shape index (κ1) is 24.7. The van der Waals surface area contributed by atoms with Crippen LogP contribution in [0.2, 0.25) is 0 Å². The van der Waals surface area contributed by atoms with Gasteiger partial charge in [-0.3, -0.25) is 4.79 Å². The molecule has 2 aliphatic rings. The van der Waals surface area contributed by atoms with Crippen LogP contribution in [-0.2, 0) is 4.79 Å². The third-order valence-electron chi connectivity index (χ3n) is 6.12. The van der Waals surface area contributed by atoms with Crippen LogP contribution in [0.4, 0.5) is 15.9 Å². The molecule has 1 aromatic heterocycles. The summed E-state index contributed by atoms with van der Waals surface area (Å²) in [6.07, 6.45) is 7.37. The van der Waals surface area contributed by atoms with Gasteiger partial charge < -0.3 is 25.4 Å².